The number of rotatable bonds is 26. The number of unbranched alkanes of at least 4 members (excludes halogenated alkanes) is 12. The van der Waals surface area contributed by atoms with Crippen LogP contribution in [0.25, 0.3) is 0 Å². The molecule has 1 fully saturated rings. The Bertz CT molecular complexity index is 902. The standard InChI is InChI=1S/C31H57O14P/c1-3-4-5-6-7-8-9-10-11-12-13-14-15-18-25(34)42-20-23(44-26(35)19-16-17-24(32)33)21-43-46(40,41)45-31-22(2)27(36)28(37)29(38)30(31)39/h22-23,27-31,36-39H,3-21H2,1-2H3,(H,32,33)(H,40,41)/t22?,23-,27?,28?,29-,30?,31+/m1/s1. The van der Waals surface area contributed by atoms with E-state index in [0.29, 0.717) is 6.42 Å². The highest BCUT2D eigenvalue weighted by Crippen LogP contribution is 2.48. The van der Waals surface area contributed by atoms with Crippen molar-refractivity contribution in [1.82, 2.24) is 0 Å². The summed E-state index contributed by atoms with van der Waals surface area (Å²) in [7, 11) is -5.00. The molecule has 15 heteroatoms. The van der Waals surface area contributed by atoms with Gasteiger partial charge < -0.3 is 39.9 Å². The van der Waals surface area contributed by atoms with Crippen LogP contribution in [0, 0.1) is 5.92 Å². The van der Waals surface area contributed by atoms with Crippen LogP contribution >= 0.6 is 7.82 Å². The summed E-state index contributed by atoms with van der Waals surface area (Å²) in [6, 6.07) is 0. The zero-order chi connectivity index (χ0) is 34.5. The molecule has 0 spiro atoms. The first-order valence-electron chi connectivity index (χ1n) is 16.7. The van der Waals surface area contributed by atoms with Gasteiger partial charge in [0.2, 0.25) is 0 Å². The van der Waals surface area contributed by atoms with Crippen LogP contribution in [0.15, 0.2) is 0 Å². The van der Waals surface area contributed by atoms with Gasteiger partial charge in [0.1, 0.15) is 31.0 Å². The van der Waals surface area contributed by atoms with Crippen molar-refractivity contribution in [2.45, 2.75) is 160 Å². The number of carbonyl (C=O) groups is 3. The predicted octanol–water partition coefficient (Wildman–Crippen LogP) is 3.77. The highest BCUT2D eigenvalue weighted by molar-refractivity contribution is 7.47. The number of carboxylic acids is 1. The molecule has 46 heavy (non-hydrogen) atoms. The van der Waals surface area contributed by atoms with Gasteiger partial charge >= 0.3 is 25.7 Å². The number of esters is 2. The highest BCUT2D eigenvalue weighted by Gasteiger charge is 2.50. The Labute approximate surface area is 272 Å². The van der Waals surface area contributed by atoms with Crippen molar-refractivity contribution >= 4 is 25.7 Å². The highest BCUT2D eigenvalue weighted by atomic mass is 31.2. The molecule has 6 N–H and O–H groups in total. The molecule has 1 aliphatic carbocycles. The van der Waals surface area contributed by atoms with Crippen LogP contribution in [-0.4, -0.2) is 98.2 Å². The zero-order valence-electron chi connectivity index (χ0n) is 27.4. The van der Waals surface area contributed by atoms with Crippen LogP contribution in [0.3, 0.4) is 0 Å². The number of phosphoric ester groups is 1. The van der Waals surface area contributed by atoms with E-state index in [0.717, 1.165) is 19.3 Å². The van der Waals surface area contributed by atoms with E-state index in [9.17, 15) is 44.3 Å². The second-order valence-electron chi connectivity index (χ2n) is 12.2. The van der Waals surface area contributed by atoms with Gasteiger partial charge in [-0.05, 0) is 12.8 Å². The Morgan fingerprint density at radius 3 is 1.72 bits per heavy atom. The molecule has 1 rings (SSSR count). The monoisotopic (exact) mass is 684 g/mol. The summed E-state index contributed by atoms with van der Waals surface area (Å²) in [5, 5.41) is 48.8. The first-order chi connectivity index (χ1) is 21.8. The number of hydrogen-bond acceptors (Lipinski definition) is 12. The molecule has 14 nitrogen and oxygen atoms in total. The number of ether oxygens (including phenoxy) is 2. The van der Waals surface area contributed by atoms with Crippen molar-refractivity contribution in [2.75, 3.05) is 13.2 Å². The van der Waals surface area contributed by atoms with E-state index < -0.39 is 81.5 Å². The van der Waals surface area contributed by atoms with Crippen LogP contribution in [0.1, 0.15) is 123 Å². The minimum absolute atomic E-state index is 0.0177. The number of aliphatic hydroxyl groups is 4. The minimum atomic E-state index is -5.00. The molecule has 0 radical (unpaired) electrons. The third-order valence-electron chi connectivity index (χ3n) is 8.11. The summed E-state index contributed by atoms with van der Waals surface area (Å²) in [6.07, 6.45) is 4.66. The number of phosphoric acid groups is 1. The average Bonchev–Trinajstić information content (AvgIpc) is 3.00. The van der Waals surface area contributed by atoms with Crippen LogP contribution in [0.2, 0.25) is 0 Å². The van der Waals surface area contributed by atoms with Crippen LogP contribution in [0.4, 0.5) is 0 Å². The summed E-state index contributed by atoms with van der Waals surface area (Å²) >= 11 is 0. The van der Waals surface area contributed by atoms with Crippen molar-refractivity contribution in [3.63, 3.8) is 0 Å². The van der Waals surface area contributed by atoms with Gasteiger partial charge in [0.05, 0.1) is 12.7 Å². The number of hydrogen-bond donors (Lipinski definition) is 6. The van der Waals surface area contributed by atoms with Gasteiger partial charge in [0.25, 0.3) is 0 Å². The van der Waals surface area contributed by atoms with Gasteiger partial charge in [-0.25, -0.2) is 4.57 Å². The summed E-state index contributed by atoms with van der Waals surface area (Å²) < 4.78 is 33.0. The van der Waals surface area contributed by atoms with Crippen LogP contribution in [-0.2, 0) is 37.5 Å². The Balaban J connectivity index is 2.49. The van der Waals surface area contributed by atoms with Gasteiger partial charge in [-0.1, -0.05) is 90.9 Å². The van der Waals surface area contributed by atoms with E-state index >= 15 is 0 Å². The molecule has 5 unspecified atom stereocenters. The summed E-state index contributed by atoms with van der Waals surface area (Å²) in [6.45, 7) is 2.26. The smallest absolute Gasteiger partial charge is 0.472 e. The minimum Gasteiger partial charge on any atom is -0.481 e. The molecule has 0 aromatic rings. The summed E-state index contributed by atoms with van der Waals surface area (Å²) in [5.74, 6) is -3.58. The molecular formula is C31H57O14P. The number of carbonyl (C=O) groups excluding carboxylic acids is 2. The fraction of sp³-hybridized carbons (Fsp3) is 0.903. The molecule has 1 saturated carbocycles. The van der Waals surface area contributed by atoms with Crippen LogP contribution in [0.5, 0.6) is 0 Å². The van der Waals surface area contributed by atoms with E-state index in [1.54, 1.807) is 0 Å². The van der Waals surface area contributed by atoms with E-state index in [4.69, 9.17) is 23.6 Å². The zero-order valence-corrected chi connectivity index (χ0v) is 28.3. The SMILES string of the molecule is CCCCCCCCCCCCCCCC(=O)OC[C@H](COP(=O)(O)O[C@H]1C(C)C(O)C(O)[C@@H](O)C1O)OC(=O)CCCC(=O)O. The van der Waals surface area contributed by atoms with Gasteiger partial charge in [0.15, 0.2) is 6.10 Å². The largest absolute Gasteiger partial charge is 0.481 e. The lowest BCUT2D eigenvalue weighted by Crippen LogP contribution is -2.60. The Morgan fingerprint density at radius 1 is 0.674 bits per heavy atom. The van der Waals surface area contributed by atoms with Crippen LogP contribution < -0.4 is 0 Å². The topological polar surface area (TPSA) is 227 Å². The van der Waals surface area contributed by atoms with Crippen molar-refractivity contribution < 1.29 is 67.9 Å². The maximum atomic E-state index is 12.7. The molecule has 0 bridgehead atoms. The van der Waals surface area contributed by atoms with Crippen molar-refractivity contribution in [1.29, 1.82) is 0 Å². The summed E-state index contributed by atoms with van der Waals surface area (Å²) in [5.41, 5.74) is 0. The normalized spacial score (nSPS) is 25.0. The van der Waals surface area contributed by atoms with Crippen molar-refractivity contribution in [3.05, 3.63) is 0 Å². The first-order valence-corrected chi connectivity index (χ1v) is 18.2. The molecular weight excluding hydrogens is 627 g/mol. The summed E-state index contributed by atoms with van der Waals surface area (Å²) in [4.78, 5) is 45.5. The quantitative estimate of drug-likeness (QED) is 0.0433. The van der Waals surface area contributed by atoms with Gasteiger partial charge in [-0.2, -0.15) is 0 Å². The maximum absolute atomic E-state index is 12.7. The fourth-order valence-electron chi connectivity index (χ4n) is 5.22. The van der Waals surface area contributed by atoms with Gasteiger partial charge in [0, 0.05) is 25.2 Å². The molecule has 270 valence electrons. The second-order valence-corrected chi connectivity index (χ2v) is 13.6. The second kappa shape index (κ2) is 23.6. The Morgan fingerprint density at radius 2 is 1.17 bits per heavy atom. The lowest BCUT2D eigenvalue weighted by Gasteiger charge is -2.42. The lowest BCUT2D eigenvalue weighted by molar-refractivity contribution is -0.197. The molecule has 0 aromatic carbocycles. The molecule has 0 heterocycles. The number of carboxylic acid groups (broad SMARTS) is 1. The van der Waals surface area contributed by atoms with E-state index in [-0.39, 0.29) is 25.7 Å². The fourth-order valence-corrected chi connectivity index (χ4v) is 6.26. The third-order valence-corrected chi connectivity index (χ3v) is 9.09. The molecule has 0 aliphatic heterocycles. The number of aliphatic carboxylic acids is 1. The molecule has 8 atom stereocenters. The van der Waals surface area contributed by atoms with E-state index in [1.807, 2.05) is 0 Å². The third kappa shape index (κ3) is 18.1. The Kier molecular flexibility index (Phi) is 21.8. The molecule has 0 aromatic heterocycles. The van der Waals surface area contributed by atoms with E-state index in [2.05, 4.69) is 6.92 Å². The Hall–Kier alpha value is -1.64. The van der Waals surface area contributed by atoms with Gasteiger partial charge in [-0.3, -0.25) is 23.4 Å². The molecule has 1 aliphatic rings. The van der Waals surface area contributed by atoms with Gasteiger partial charge in [-0.15, -0.1) is 0 Å². The number of aliphatic hydroxyl groups excluding tert-OH is 4. The maximum Gasteiger partial charge on any atom is 0.472 e. The molecule has 0 saturated heterocycles. The predicted molar refractivity (Wildman–Crippen MR) is 166 cm³/mol. The van der Waals surface area contributed by atoms with Crippen molar-refractivity contribution in [3.8, 4) is 0 Å². The van der Waals surface area contributed by atoms with E-state index in [1.165, 1.54) is 64.7 Å². The average molecular weight is 685 g/mol. The van der Waals surface area contributed by atoms with Crippen molar-refractivity contribution in [2.24, 2.45) is 5.92 Å². The first kappa shape index (κ1) is 42.4. The lowest BCUT2D eigenvalue weighted by atomic mass is 9.80. The molecule has 0 amide bonds.